The van der Waals surface area contributed by atoms with E-state index in [4.69, 9.17) is 14.2 Å². The minimum absolute atomic E-state index is 0. The Morgan fingerprint density at radius 1 is 1.20 bits per heavy atom. The van der Waals surface area contributed by atoms with Crippen molar-refractivity contribution >= 4 is 29.9 Å². The molecule has 7 nitrogen and oxygen atoms in total. The third-order valence-corrected chi connectivity index (χ3v) is 4.59. The Bertz CT molecular complexity index is 755. The van der Waals surface area contributed by atoms with E-state index in [1.165, 1.54) is 0 Å². The van der Waals surface area contributed by atoms with Crippen molar-refractivity contribution in [3.63, 3.8) is 0 Å². The molecule has 1 atom stereocenters. The van der Waals surface area contributed by atoms with E-state index in [2.05, 4.69) is 20.6 Å². The number of halogens is 1. The number of benzene rings is 1. The van der Waals surface area contributed by atoms with Crippen molar-refractivity contribution in [2.24, 2.45) is 4.99 Å². The summed E-state index contributed by atoms with van der Waals surface area (Å²) < 4.78 is 17.0. The van der Waals surface area contributed by atoms with Crippen LogP contribution in [-0.2, 0) is 22.6 Å². The van der Waals surface area contributed by atoms with E-state index in [0.717, 1.165) is 56.3 Å². The van der Waals surface area contributed by atoms with E-state index < -0.39 is 0 Å². The molecule has 30 heavy (non-hydrogen) atoms. The van der Waals surface area contributed by atoms with E-state index in [-0.39, 0.29) is 30.1 Å². The van der Waals surface area contributed by atoms with Crippen LogP contribution in [0.3, 0.4) is 0 Å². The largest absolute Gasteiger partial charge is 0.473 e. The number of pyridine rings is 1. The van der Waals surface area contributed by atoms with E-state index >= 15 is 0 Å². The van der Waals surface area contributed by atoms with Crippen LogP contribution in [0.5, 0.6) is 5.88 Å². The summed E-state index contributed by atoms with van der Waals surface area (Å²) >= 11 is 0. The molecule has 1 saturated heterocycles. The lowest BCUT2D eigenvalue weighted by atomic mass is 10.2. The fourth-order valence-electron chi connectivity index (χ4n) is 2.99. The number of ether oxygens (including phenoxy) is 3. The molecule has 0 spiro atoms. The second kappa shape index (κ2) is 14.2. The summed E-state index contributed by atoms with van der Waals surface area (Å²) in [4.78, 5) is 8.65. The van der Waals surface area contributed by atoms with Crippen LogP contribution >= 0.6 is 24.0 Å². The quantitative estimate of drug-likeness (QED) is 0.215. The van der Waals surface area contributed by atoms with Crippen LogP contribution in [0.15, 0.2) is 53.7 Å². The predicted octanol–water partition coefficient (Wildman–Crippen LogP) is 3.14. The molecular weight excluding hydrogens is 495 g/mol. The zero-order chi connectivity index (χ0) is 20.2. The van der Waals surface area contributed by atoms with Crippen molar-refractivity contribution in [2.45, 2.75) is 32.1 Å². The first kappa shape index (κ1) is 24.4. The molecule has 2 heterocycles. The van der Waals surface area contributed by atoms with Crippen molar-refractivity contribution < 1.29 is 14.2 Å². The predicted molar refractivity (Wildman–Crippen MR) is 128 cm³/mol. The van der Waals surface area contributed by atoms with E-state index in [1.54, 1.807) is 13.2 Å². The zero-order valence-electron chi connectivity index (χ0n) is 17.4. The van der Waals surface area contributed by atoms with Gasteiger partial charge in [0.2, 0.25) is 5.88 Å². The van der Waals surface area contributed by atoms with Crippen molar-refractivity contribution in [1.82, 2.24) is 15.6 Å². The normalized spacial score (nSPS) is 16.0. The third kappa shape index (κ3) is 8.45. The van der Waals surface area contributed by atoms with Gasteiger partial charge in [-0.05, 0) is 24.5 Å². The number of guanidine groups is 1. The Morgan fingerprint density at radius 3 is 2.83 bits per heavy atom. The lowest BCUT2D eigenvalue weighted by molar-refractivity contribution is 0.0420. The molecule has 0 amide bonds. The molecule has 0 saturated carbocycles. The van der Waals surface area contributed by atoms with Gasteiger partial charge in [0, 0.05) is 45.1 Å². The lowest BCUT2D eigenvalue weighted by Gasteiger charge is -2.15. The SMILES string of the molecule is CN=C(NCCCOC1CCOC1)NCc1cccnc1OCc1ccccc1.I. The van der Waals surface area contributed by atoms with Gasteiger partial charge in [0.1, 0.15) is 6.61 Å². The van der Waals surface area contributed by atoms with Crippen LogP contribution in [0.25, 0.3) is 0 Å². The maximum Gasteiger partial charge on any atom is 0.218 e. The fraction of sp³-hybridized carbons (Fsp3) is 0.455. The smallest absolute Gasteiger partial charge is 0.218 e. The van der Waals surface area contributed by atoms with E-state index in [1.807, 2.05) is 42.5 Å². The van der Waals surface area contributed by atoms with Gasteiger partial charge in [0.15, 0.2) is 5.96 Å². The minimum Gasteiger partial charge on any atom is -0.473 e. The maximum atomic E-state index is 5.91. The molecule has 2 aromatic rings. The molecule has 3 rings (SSSR count). The molecule has 1 aromatic carbocycles. The molecule has 1 aromatic heterocycles. The third-order valence-electron chi connectivity index (χ3n) is 4.59. The van der Waals surface area contributed by atoms with Crippen LogP contribution < -0.4 is 15.4 Å². The Labute approximate surface area is 195 Å². The molecule has 164 valence electrons. The molecule has 1 aliphatic rings. The molecular formula is C22H31IN4O3. The van der Waals surface area contributed by atoms with Crippen molar-refractivity contribution in [3.05, 3.63) is 59.8 Å². The second-order valence-corrected chi connectivity index (χ2v) is 6.80. The van der Waals surface area contributed by atoms with Crippen LogP contribution in [-0.4, -0.2) is 50.5 Å². The summed E-state index contributed by atoms with van der Waals surface area (Å²) in [6.07, 6.45) is 3.91. The van der Waals surface area contributed by atoms with Crippen molar-refractivity contribution in [2.75, 3.05) is 33.4 Å². The maximum absolute atomic E-state index is 5.91. The summed E-state index contributed by atoms with van der Waals surface area (Å²) in [6, 6.07) is 14.0. The first-order valence-corrected chi connectivity index (χ1v) is 10.1. The Hall–Kier alpha value is -1.91. The molecule has 0 radical (unpaired) electrons. The van der Waals surface area contributed by atoms with Gasteiger partial charge in [-0.2, -0.15) is 0 Å². The van der Waals surface area contributed by atoms with Gasteiger partial charge in [-0.25, -0.2) is 4.98 Å². The van der Waals surface area contributed by atoms with Gasteiger partial charge in [-0.15, -0.1) is 24.0 Å². The monoisotopic (exact) mass is 526 g/mol. The highest BCUT2D eigenvalue weighted by Gasteiger charge is 2.15. The Balaban J connectivity index is 0.00000320. The number of rotatable bonds is 10. The van der Waals surface area contributed by atoms with Crippen LogP contribution in [0.2, 0.25) is 0 Å². The van der Waals surface area contributed by atoms with Crippen molar-refractivity contribution in [1.29, 1.82) is 0 Å². The van der Waals surface area contributed by atoms with Gasteiger partial charge in [0.25, 0.3) is 0 Å². The lowest BCUT2D eigenvalue weighted by Crippen LogP contribution is -2.37. The number of nitrogens with one attached hydrogen (secondary N) is 2. The second-order valence-electron chi connectivity index (χ2n) is 6.80. The summed E-state index contributed by atoms with van der Waals surface area (Å²) in [5.74, 6) is 1.37. The summed E-state index contributed by atoms with van der Waals surface area (Å²) in [5.41, 5.74) is 2.09. The molecule has 2 N–H and O–H groups in total. The topological polar surface area (TPSA) is 77.0 Å². The molecule has 0 bridgehead atoms. The molecule has 1 unspecified atom stereocenters. The first-order chi connectivity index (χ1) is 14.3. The zero-order valence-corrected chi connectivity index (χ0v) is 19.7. The van der Waals surface area contributed by atoms with Gasteiger partial charge >= 0.3 is 0 Å². The van der Waals surface area contributed by atoms with Crippen molar-refractivity contribution in [3.8, 4) is 5.88 Å². The summed E-state index contributed by atoms with van der Waals surface area (Å²) in [7, 11) is 1.76. The standard InChI is InChI=1S/C22H30N4O3.HI/c1-23-22(25-12-6-13-28-20-10-14-27-17-20)26-15-19-9-5-11-24-21(19)29-16-18-7-3-2-4-8-18;/h2-5,7-9,11,20H,6,10,12-17H2,1H3,(H2,23,25,26);1H. The Kier molecular flexibility index (Phi) is 11.5. The first-order valence-electron chi connectivity index (χ1n) is 10.1. The van der Waals surface area contributed by atoms with Gasteiger partial charge in [0.05, 0.1) is 12.7 Å². The Morgan fingerprint density at radius 2 is 2.07 bits per heavy atom. The number of hydrogen-bond donors (Lipinski definition) is 2. The van der Waals surface area contributed by atoms with Crippen LogP contribution in [0, 0.1) is 0 Å². The summed E-state index contributed by atoms with van der Waals surface area (Å²) in [5, 5.41) is 6.62. The van der Waals surface area contributed by atoms with E-state index in [9.17, 15) is 0 Å². The average Bonchev–Trinajstić information content (AvgIpc) is 3.29. The molecule has 1 aliphatic heterocycles. The molecule has 0 aliphatic carbocycles. The van der Waals surface area contributed by atoms with Crippen LogP contribution in [0.1, 0.15) is 24.0 Å². The highest BCUT2D eigenvalue weighted by molar-refractivity contribution is 14.0. The average molecular weight is 526 g/mol. The highest BCUT2D eigenvalue weighted by atomic mass is 127. The van der Waals surface area contributed by atoms with Gasteiger partial charge in [-0.3, -0.25) is 4.99 Å². The molecule has 1 fully saturated rings. The summed E-state index contributed by atoms with van der Waals surface area (Å²) in [6.45, 7) is 4.11. The number of aliphatic imine (C=N–C) groups is 1. The number of nitrogens with zero attached hydrogens (tertiary/aromatic N) is 2. The molecule has 8 heteroatoms. The van der Waals surface area contributed by atoms with Gasteiger partial charge < -0.3 is 24.8 Å². The number of hydrogen-bond acceptors (Lipinski definition) is 5. The van der Waals surface area contributed by atoms with Crippen LogP contribution in [0.4, 0.5) is 0 Å². The minimum atomic E-state index is 0. The highest BCUT2D eigenvalue weighted by Crippen LogP contribution is 2.16. The van der Waals surface area contributed by atoms with E-state index in [0.29, 0.717) is 19.0 Å². The number of aromatic nitrogens is 1. The fourth-order valence-corrected chi connectivity index (χ4v) is 2.99. The van der Waals surface area contributed by atoms with Gasteiger partial charge in [-0.1, -0.05) is 36.4 Å².